The van der Waals surface area contributed by atoms with E-state index in [4.69, 9.17) is 4.74 Å². The number of hydrogen-bond donors (Lipinski definition) is 2. The van der Waals surface area contributed by atoms with Crippen LogP contribution < -0.4 is 15.5 Å². The minimum Gasteiger partial charge on any atom is -0.365 e. The smallest absolute Gasteiger partial charge is 0.365 e. The van der Waals surface area contributed by atoms with Crippen LogP contribution in [0.4, 0.5) is 18.9 Å². The highest BCUT2D eigenvalue weighted by Gasteiger charge is 2.37. The van der Waals surface area contributed by atoms with E-state index in [-0.39, 0.29) is 30.1 Å². The second kappa shape index (κ2) is 8.76. The summed E-state index contributed by atoms with van der Waals surface area (Å²) in [5.41, 5.74) is -0.197. The molecule has 1 saturated carbocycles. The van der Waals surface area contributed by atoms with Gasteiger partial charge in [-0.1, -0.05) is 0 Å². The van der Waals surface area contributed by atoms with Crippen LogP contribution in [0.3, 0.4) is 0 Å². The number of fused-ring (bicyclic) bond motifs is 3. The number of rotatable bonds is 3. The highest BCUT2D eigenvalue weighted by atomic mass is 19.4. The van der Waals surface area contributed by atoms with Crippen molar-refractivity contribution in [2.75, 3.05) is 31.1 Å². The maximum Gasteiger partial charge on any atom is 0.418 e. The van der Waals surface area contributed by atoms with E-state index in [0.29, 0.717) is 29.5 Å². The van der Waals surface area contributed by atoms with Gasteiger partial charge in [-0.25, -0.2) is 0 Å². The standard InChI is InChI=1S/C24H29F3N4O2/c1-14-12-31(20-5-4-19(24(25,26)27)22-18(20)3-2-6-29-22)13-21(33-14)23(32)30-17-8-15-7-16(9-17)11-28-10-15/h2-6,14-17,21,28H,7-13H2,1H3,(H,30,32)/t14-,15?,16?,17?,21-/m1/s1. The minimum absolute atomic E-state index is 0.0787. The number of halogens is 3. The number of ether oxygens (including phenoxy) is 1. The Balaban J connectivity index is 1.35. The van der Waals surface area contributed by atoms with Gasteiger partial charge in [0.1, 0.15) is 0 Å². The lowest BCUT2D eigenvalue weighted by Gasteiger charge is -2.41. The number of nitrogens with zero attached hydrogens (tertiary/aromatic N) is 2. The molecule has 0 radical (unpaired) electrons. The van der Waals surface area contributed by atoms with Crippen LogP contribution in [0.25, 0.3) is 10.9 Å². The first-order valence-corrected chi connectivity index (χ1v) is 11.6. The molecule has 1 aliphatic carbocycles. The van der Waals surface area contributed by atoms with Gasteiger partial charge in [-0.05, 0) is 75.4 Å². The van der Waals surface area contributed by atoms with Crippen LogP contribution in [-0.4, -0.2) is 55.3 Å². The fourth-order valence-electron chi connectivity index (χ4n) is 5.76. The average molecular weight is 463 g/mol. The first-order chi connectivity index (χ1) is 15.8. The van der Waals surface area contributed by atoms with Crippen molar-refractivity contribution in [3.63, 3.8) is 0 Å². The van der Waals surface area contributed by atoms with Gasteiger partial charge in [0.2, 0.25) is 0 Å². The third-order valence-electron chi connectivity index (χ3n) is 7.06. The predicted octanol–water partition coefficient (Wildman–Crippen LogP) is 3.35. The zero-order valence-corrected chi connectivity index (χ0v) is 18.6. The average Bonchev–Trinajstić information content (AvgIpc) is 2.77. The molecule has 9 heteroatoms. The Bertz CT molecular complexity index is 1020. The number of anilines is 1. The molecule has 2 unspecified atom stereocenters. The molecule has 2 saturated heterocycles. The van der Waals surface area contributed by atoms with Crippen molar-refractivity contribution in [2.45, 2.75) is 50.6 Å². The molecule has 4 atom stereocenters. The normalized spacial score (nSPS) is 30.3. The van der Waals surface area contributed by atoms with Gasteiger partial charge in [-0.15, -0.1) is 0 Å². The molecule has 3 fully saturated rings. The largest absolute Gasteiger partial charge is 0.418 e. The number of hydrogen-bond acceptors (Lipinski definition) is 5. The number of nitrogens with one attached hydrogen (secondary N) is 2. The number of benzene rings is 1. The summed E-state index contributed by atoms with van der Waals surface area (Å²) in [4.78, 5) is 19.1. The lowest BCUT2D eigenvalue weighted by atomic mass is 9.76. The quantitative estimate of drug-likeness (QED) is 0.733. The van der Waals surface area contributed by atoms with Crippen LogP contribution >= 0.6 is 0 Å². The van der Waals surface area contributed by atoms with Gasteiger partial charge >= 0.3 is 6.18 Å². The molecule has 6 nitrogen and oxygen atoms in total. The Hall–Kier alpha value is -2.39. The maximum atomic E-state index is 13.5. The van der Waals surface area contributed by atoms with Crippen molar-refractivity contribution in [3.8, 4) is 0 Å². The molecule has 2 N–H and O–H groups in total. The van der Waals surface area contributed by atoms with Crippen molar-refractivity contribution in [3.05, 3.63) is 36.0 Å². The van der Waals surface area contributed by atoms with E-state index in [1.54, 1.807) is 12.1 Å². The number of amides is 1. The lowest BCUT2D eigenvalue weighted by Crippen LogP contribution is -2.56. The highest BCUT2D eigenvalue weighted by Crippen LogP contribution is 2.38. The molecule has 33 heavy (non-hydrogen) atoms. The van der Waals surface area contributed by atoms with Gasteiger partial charge in [0.15, 0.2) is 6.10 Å². The summed E-state index contributed by atoms with van der Waals surface area (Å²) < 4.78 is 46.5. The third-order valence-corrected chi connectivity index (χ3v) is 7.06. The topological polar surface area (TPSA) is 66.5 Å². The molecule has 1 aromatic heterocycles. The molecular weight excluding hydrogens is 433 g/mol. The monoisotopic (exact) mass is 462 g/mol. The Morgan fingerprint density at radius 3 is 2.64 bits per heavy atom. The van der Waals surface area contributed by atoms with E-state index in [0.717, 1.165) is 32.0 Å². The fourth-order valence-corrected chi connectivity index (χ4v) is 5.76. The Morgan fingerprint density at radius 1 is 1.15 bits per heavy atom. The summed E-state index contributed by atoms with van der Waals surface area (Å²) >= 11 is 0. The molecule has 1 amide bonds. The van der Waals surface area contributed by atoms with Crippen LogP contribution in [0.2, 0.25) is 0 Å². The fraction of sp³-hybridized carbons (Fsp3) is 0.583. The summed E-state index contributed by atoms with van der Waals surface area (Å²) in [6.07, 6.45) is -0.874. The summed E-state index contributed by atoms with van der Waals surface area (Å²) in [5, 5.41) is 7.08. The summed E-state index contributed by atoms with van der Waals surface area (Å²) in [5.74, 6) is 1.05. The number of alkyl halides is 3. The van der Waals surface area contributed by atoms with Crippen LogP contribution in [0.5, 0.6) is 0 Å². The van der Waals surface area contributed by atoms with Crippen LogP contribution in [-0.2, 0) is 15.7 Å². The van der Waals surface area contributed by atoms with E-state index in [2.05, 4.69) is 15.6 Å². The zero-order valence-electron chi connectivity index (χ0n) is 18.6. The van der Waals surface area contributed by atoms with Crippen molar-refractivity contribution >= 4 is 22.5 Å². The van der Waals surface area contributed by atoms with Gasteiger partial charge < -0.3 is 20.3 Å². The van der Waals surface area contributed by atoms with Crippen molar-refractivity contribution in [1.82, 2.24) is 15.6 Å². The Morgan fingerprint density at radius 2 is 1.91 bits per heavy atom. The lowest BCUT2D eigenvalue weighted by molar-refractivity contribution is -0.138. The van der Waals surface area contributed by atoms with Crippen LogP contribution in [0.15, 0.2) is 30.5 Å². The van der Waals surface area contributed by atoms with Crippen LogP contribution in [0.1, 0.15) is 31.7 Å². The second-order valence-electron chi connectivity index (χ2n) is 9.67. The molecule has 3 aliphatic rings. The highest BCUT2D eigenvalue weighted by molar-refractivity contribution is 5.94. The Kier molecular flexibility index (Phi) is 5.95. The molecule has 178 valence electrons. The molecule has 5 rings (SSSR count). The molecule has 0 spiro atoms. The third kappa shape index (κ3) is 4.66. The molecule has 2 bridgehead atoms. The molecule has 2 aromatic rings. The van der Waals surface area contributed by atoms with Gasteiger partial charge in [0, 0.05) is 29.9 Å². The molecular formula is C24H29F3N4O2. The van der Waals surface area contributed by atoms with E-state index < -0.39 is 17.8 Å². The van der Waals surface area contributed by atoms with E-state index in [9.17, 15) is 18.0 Å². The number of pyridine rings is 1. The first-order valence-electron chi connectivity index (χ1n) is 11.6. The van der Waals surface area contributed by atoms with E-state index in [1.165, 1.54) is 18.7 Å². The van der Waals surface area contributed by atoms with E-state index >= 15 is 0 Å². The van der Waals surface area contributed by atoms with Gasteiger partial charge in [0.25, 0.3) is 5.91 Å². The number of morpholine rings is 1. The van der Waals surface area contributed by atoms with Gasteiger partial charge in [-0.2, -0.15) is 13.2 Å². The zero-order chi connectivity index (χ0) is 23.2. The molecule has 1 aromatic carbocycles. The number of aromatic nitrogens is 1. The minimum atomic E-state index is -4.49. The van der Waals surface area contributed by atoms with Gasteiger partial charge in [0.05, 0.1) is 23.7 Å². The summed E-state index contributed by atoms with van der Waals surface area (Å²) in [7, 11) is 0. The number of piperidine rings is 1. The maximum absolute atomic E-state index is 13.5. The predicted molar refractivity (Wildman–Crippen MR) is 119 cm³/mol. The van der Waals surface area contributed by atoms with Crippen LogP contribution in [0, 0.1) is 11.8 Å². The first kappa shape index (κ1) is 22.4. The molecule has 3 heterocycles. The summed E-state index contributed by atoms with van der Waals surface area (Å²) in [6, 6.07) is 5.99. The van der Waals surface area contributed by atoms with Crippen molar-refractivity contribution < 1.29 is 22.7 Å². The summed E-state index contributed by atoms with van der Waals surface area (Å²) in [6.45, 7) is 4.66. The molecule has 2 aliphatic heterocycles. The van der Waals surface area contributed by atoms with E-state index in [1.807, 2.05) is 11.8 Å². The van der Waals surface area contributed by atoms with Gasteiger partial charge in [-0.3, -0.25) is 9.78 Å². The SMILES string of the molecule is C[C@@H]1CN(c2ccc(C(F)(F)F)c3ncccc23)C[C@H](C(=O)NC2CC3CNCC(C3)C2)O1. The number of carbonyl (C=O) groups excluding carboxylic acids is 1. The van der Waals surface area contributed by atoms with Crippen molar-refractivity contribution in [2.24, 2.45) is 11.8 Å². The second-order valence-corrected chi connectivity index (χ2v) is 9.67. The number of carbonyl (C=O) groups is 1. The Labute approximate surface area is 190 Å². The van der Waals surface area contributed by atoms with Crippen molar-refractivity contribution in [1.29, 1.82) is 0 Å².